The lowest BCUT2D eigenvalue weighted by atomic mass is 9.85. The predicted molar refractivity (Wildman–Crippen MR) is 82.6 cm³/mol. The maximum absolute atomic E-state index is 6.24. The van der Waals surface area contributed by atoms with Crippen LogP contribution >= 0.6 is 0 Å². The van der Waals surface area contributed by atoms with Crippen LogP contribution in [0.5, 0.6) is 5.75 Å². The summed E-state index contributed by atoms with van der Waals surface area (Å²) in [5.41, 5.74) is 3.71. The van der Waals surface area contributed by atoms with Crippen LogP contribution < -0.4 is 10.1 Å². The molecule has 0 aliphatic heterocycles. The third kappa shape index (κ3) is 3.15. The molecular formula is C17H27NO2. The van der Waals surface area contributed by atoms with E-state index in [-0.39, 0.29) is 12.2 Å². The molecule has 1 fully saturated rings. The maximum atomic E-state index is 6.24. The van der Waals surface area contributed by atoms with E-state index in [1.54, 1.807) is 0 Å². The summed E-state index contributed by atoms with van der Waals surface area (Å²) in [4.78, 5) is 0. The quantitative estimate of drug-likeness (QED) is 0.866. The first-order valence-electron chi connectivity index (χ1n) is 7.66. The van der Waals surface area contributed by atoms with E-state index in [9.17, 15) is 0 Å². The van der Waals surface area contributed by atoms with Crippen LogP contribution in [0.3, 0.4) is 0 Å². The molecule has 0 amide bonds. The fraction of sp³-hybridized carbons (Fsp3) is 0.647. The van der Waals surface area contributed by atoms with Gasteiger partial charge in [-0.1, -0.05) is 24.6 Å². The highest BCUT2D eigenvalue weighted by Gasteiger charge is 2.43. The van der Waals surface area contributed by atoms with Crippen molar-refractivity contribution in [1.82, 2.24) is 5.32 Å². The van der Waals surface area contributed by atoms with Crippen molar-refractivity contribution >= 4 is 0 Å². The van der Waals surface area contributed by atoms with Crippen LogP contribution in [0.25, 0.3) is 0 Å². The van der Waals surface area contributed by atoms with Crippen LogP contribution in [-0.2, 0) is 4.74 Å². The fourth-order valence-corrected chi connectivity index (χ4v) is 3.08. The lowest BCUT2D eigenvalue weighted by molar-refractivity contribution is -0.104. The van der Waals surface area contributed by atoms with Crippen LogP contribution in [0.2, 0.25) is 0 Å². The first-order chi connectivity index (χ1) is 9.56. The molecule has 3 heteroatoms. The Hall–Kier alpha value is -1.06. The number of hydrogen-bond donors (Lipinski definition) is 1. The van der Waals surface area contributed by atoms with Gasteiger partial charge in [0.25, 0.3) is 0 Å². The normalized spacial score (nSPS) is 25.4. The Morgan fingerprint density at radius 1 is 1.15 bits per heavy atom. The molecule has 1 aromatic carbocycles. The van der Waals surface area contributed by atoms with E-state index in [0.29, 0.717) is 6.04 Å². The average Bonchev–Trinajstić information content (AvgIpc) is 2.37. The minimum atomic E-state index is 0.166. The van der Waals surface area contributed by atoms with Gasteiger partial charge >= 0.3 is 0 Å². The van der Waals surface area contributed by atoms with Gasteiger partial charge in [0.05, 0.1) is 0 Å². The Kier molecular flexibility index (Phi) is 5.06. The highest BCUT2D eigenvalue weighted by molar-refractivity contribution is 5.43. The molecule has 1 saturated carbocycles. The average molecular weight is 277 g/mol. The molecule has 0 radical (unpaired) electrons. The van der Waals surface area contributed by atoms with Gasteiger partial charge in [0.1, 0.15) is 18.0 Å². The zero-order valence-corrected chi connectivity index (χ0v) is 13.3. The van der Waals surface area contributed by atoms with E-state index in [2.05, 4.69) is 45.1 Å². The Bertz CT molecular complexity index is 435. The van der Waals surface area contributed by atoms with E-state index < -0.39 is 0 Å². The highest BCUT2D eigenvalue weighted by atomic mass is 16.5. The zero-order valence-electron chi connectivity index (χ0n) is 13.3. The molecule has 1 aromatic rings. The second kappa shape index (κ2) is 6.59. The second-order valence-electron chi connectivity index (χ2n) is 5.70. The molecular weight excluding hydrogens is 250 g/mol. The van der Waals surface area contributed by atoms with Crippen molar-refractivity contribution < 1.29 is 9.47 Å². The molecule has 0 saturated heterocycles. The molecule has 0 bridgehead atoms. The van der Waals surface area contributed by atoms with Crippen LogP contribution in [-0.4, -0.2) is 31.4 Å². The lowest BCUT2D eigenvalue weighted by Gasteiger charge is -2.44. The first kappa shape index (κ1) is 15.3. The Morgan fingerprint density at radius 3 is 2.35 bits per heavy atom. The second-order valence-corrected chi connectivity index (χ2v) is 5.70. The van der Waals surface area contributed by atoms with E-state index in [0.717, 1.165) is 25.3 Å². The summed E-state index contributed by atoms with van der Waals surface area (Å²) in [7, 11) is 0. The third-order valence-electron chi connectivity index (χ3n) is 3.95. The van der Waals surface area contributed by atoms with E-state index >= 15 is 0 Å². The summed E-state index contributed by atoms with van der Waals surface area (Å²) in [5, 5.41) is 3.47. The first-order valence-corrected chi connectivity index (χ1v) is 7.66. The van der Waals surface area contributed by atoms with Gasteiger partial charge in [0, 0.05) is 19.1 Å². The lowest BCUT2D eigenvalue weighted by Crippen LogP contribution is -2.61. The number of hydrogen-bond acceptors (Lipinski definition) is 3. The van der Waals surface area contributed by atoms with Gasteiger partial charge in [-0.2, -0.15) is 0 Å². The monoisotopic (exact) mass is 277 g/mol. The maximum Gasteiger partial charge on any atom is 0.128 e. The van der Waals surface area contributed by atoms with Crippen molar-refractivity contribution in [2.45, 2.75) is 59.3 Å². The van der Waals surface area contributed by atoms with Crippen molar-refractivity contribution in [2.24, 2.45) is 0 Å². The molecule has 112 valence electrons. The third-order valence-corrected chi connectivity index (χ3v) is 3.95. The van der Waals surface area contributed by atoms with Crippen LogP contribution in [0.1, 0.15) is 37.0 Å². The van der Waals surface area contributed by atoms with Crippen LogP contribution in [0.4, 0.5) is 0 Å². The van der Waals surface area contributed by atoms with Crippen molar-refractivity contribution in [3.05, 3.63) is 28.8 Å². The molecule has 1 aliphatic carbocycles. The van der Waals surface area contributed by atoms with Gasteiger partial charge in [0.15, 0.2) is 0 Å². The zero-order chi connectivity index (χ0) is 14.7. The van der Waals surface area contributed by atoms with E-state index in [4.69, 9.17) is 9.47 Å². The van der Waals surface area contributed by atoms with Crippen molar-refractivity contribution in [3.8, 4) is 5.75 Å². The largest absolute Gasteiger partial charge is 0.487 e. The number of nitrogens with one attached hydrogen (secondary N) is 1. The molecule has 20 heavy (non-hydrogen) atoms. The van der Waals surface area contributed by atoms with Crippen LogP contribution in [0, 0.1) is 20.8 Å². The molecule has 2 rings (SSSR count). The number of aryl methyl sites for hydroxylation is 3. The standard InChI is InChI=1S/C17H27NO2/c1-6-18-14-10-15(17(14)19-7-2)20-16-12(4)8-11(3)9-13(16)5/h8-9,14-15,17-18H,6-7,10H2,1-5H3. The van der Waals surface area contributed by atoms with Crippen molar-refractivity contribution in [3.63, 3.8) is 0 Å². The van der Waals surface area contributed by atoms with Crippen molar-refractivity contribution in [1.29, 1.82) is 0 Å². The molecule has 0 heterocycles. The van der Waals surface area contributed by atoms with Gasteiger partial charge in [-0.3, -0.25) is 0 Å². The number of likely N-dealkylation sites (N-methyl/N-ethyl adjacent to an activating group) is 1. The smallest absolute Gasteiger partial charge is 0.128 e. The van der Waals surface area contributed by atoms with E-state index in [1.165, 1.54) is 16.7 Å². The molecule has 0 spiro atoms. The molecule has 1 N–H and O–H groups in total. The molecule has 3 unspecified atom stereocenters. The predicted octanol–water partition coefficient (Wildman–Crippen LogP) is 3.15. The van der Waals surface area contributed by atoms with Gasteiger partial charge in [-0.15, -0.1) is 0 Å². The summed E-state index contributed by atoms with van der Waals surface area (Å²) >= 11 is 0. The van der Waals surface area contributed by atoms with Crippen LogP contribution in [0.15, 0.2) is 12.1 Å². The summed E-state index contributed by atoms with van der Waals surface area (Å²) in [5.74, 6) is 1.03. The summed E-state index contributed by atoms with van der Waals surface area (Å²) < 4.78 is 12.1. The Balaban J connectivity index is 2.07. The topological polar surface area (TPSA) is 30.5 Å². The van der Waals surface area contributed by atoms with Gasteiger partial charge in [-0.05, 0) is 45.4 Å². The highest BCUT2D eigenvalue weighted by Crippen LogP contribution is 2.33. The molecule has 0 aromatic heterocycles. The number of ether oxygens (including phenoxy) is 2. The Labute approximate surface area is 122 Å². The minimum Gasteiger partial charge on any atom is -0.487 e. The molecule has 3 nitrogen and oxygen atoms in total. The van der Waals surface area contributed by atoms with Gasteiger partial charge in [0.2, 0.25) is 0 Å². The number of rotatable bonds is 6. The van der Waals surface area contributed by atoms with Crippen molar-refractivity contribution in [2.75, 3.05) is 13.2 Å². The fourth-order valence-electron chi connectivity index (χ4n) is 3.08. The SMILES string of the molecule is CCNC1CC(Oc2c(C)cc(C)cc2C)C1OCC. The minimum absolute atomic E-state index is 0.166. The summed E-state index contributed by atoms with van der Waals surface area (Å²) in [6.45, 7) is 12.2. The molecule has 3 atom stereocenters. The summed E-state index contributed by atoms with van der Waals surface area (Å²) in [6.07, 6.45) is 1.35. The Morgan fingerprint density at radius 2 is 1.80 bits per heavy atom. The van der Waals surface area contributed by atoms with Gasteiger partial charge in [-0.25, -0.2) is 0 Å². The molecule has 1 aliphatic rings. The summed E-state index contributed by atoms with van der Waals surface area (Å²) in [6, 6.07) is 4.78. The van der Waals surface area contributed by atoms with E-state index in [1.807, 2.05) is 6.92 Å². The van der Waals surface area contributed by atoms with Gasteiger partial charge < -0.3 is 14.8 Å². The number of benzene rings is 1.